The van der Waals surface area contributed by atoms with Crippen LogP contribution in [-0.2, 0) is 15.7 Å². The number of amides is 1. The molecule has 0 radical (unpaired) electrons. The van der Waals surface area contributed by atoms with Crippen LogP contribution in [0.5, 0.6) is 0 Å². The van der Waals surface area contributed by atoms with E-state index in [1.54, 1.807) is 0 Å². The normalized spacial score (nSPS) is 10.9. The summed E-state index contributed by atoms with van der Waals surface area (Å²) >= 11 is 0. The first-order valence-electron chi connectivity index (χ1n) is 8.12. The molecule has 2 rings (SSSR count). The third-order valence-electron chi connectivity index (χ3n) is 3.53. The third kappa shape index (κ3) is 6.45. The van der Waals surface area contributed by atoms with Crippen molar-refractivity contribution in [3.05, 3.63) is 64.0 Å². The van der Waals surface area contributed by atoms with E-state index in [-0.39, 0.29) is 24.3 Å². The van der Waals surface area contributed by atoms with E-state index in [9.17, 15) is 32.9 Å². The molecule has 0 bridgehead atoms. The highest BCUT2D eigenvalue weighted by Gasteiger charge is 2.33. The molecular formula is C17H15F3N4O5. The molecule has 0 atom stereocenters. The van der Waals surface area contributed by atoms with Crippen molar-refractivity contribution in [3.8, 4) is 0 Å². The molecule has 2 N–H and O–H groups in total. The van der Waals surface area contributed by atoms with Gasteiger partial charge in [0.05, 0.1) is 16.1 Å². The van der Waals surface area contributed by atoms with Gasteiger partial charge in [0.1, 0.15) is 5.69 Å². The fraction of sp³-hybridized carbons (Fsp3) is 0.235. The summed E-state index contributed by atoms with van der Waals surface area (Å²) in [7, 11) is 0. The van der Waals surface area contributed by atoms with Crippen LogP contribution in [0.15, 0.2) is 42.7 Å². The van der Waals surface area contributed by atoms with Crippen LogP contribution in [0.25, 0.3) is 0 Å². The number of nitro benzene ring substituents is 1. The maximum absolute atomic E-state index is 12.7. The predicted octanol–water partition coefficient (Wildman–Crippen LogP) is 2.39. The lowest BCUT2D eigenvalue weighted by Crippen LogP contribution is -2.32. The van der Waals surface area contributed by atoms with Crippen molar-refractivity contribution in [1.29, 1.82) is 0 Å². The Kier molecular flexibility index (Phi) is 7.06. The van der Waals surface area contributed by atoms with Crippen LogP contribution in [0.1, 0.15) is 15.9 Å². The Morgan fingerprint density at radius 2 is 1.83 bits per heavy atom. The van der Waals surface area contributed by atoms with Crippen LogP contribution < -0.4 is 10.6 Å². The molecule has 12 heteroatoms. The fourth-order valence-electron chi connectivity index (χ4n) is 2.16. The molecule has 0 aliphatic carbocycles. The Bertz CT molecular complexity index is 890. The van der Waals surface area contributed by atoms with Crippen LogP contribution in [-0.4, -0.2) is 41.5 Å². The number of nitro groups is 1. The monoisotopic (exact) mass is 412 g/mol. The average Bonchev–Trinajstić information content (AvgIpc) is 2.69. The number of carbonyl (C=O) groups excluding carboxylic acids is 2. The van der Waals surface area contributed by atoms with Crippen molar-refractivity contribution in [2.45, 2.75) is 6.18 Å². The molecule has 2 aromatic rings. The number of nitrogens with zero attached hydrogens (tertiary/aromatic N) is 2. The quantitative estimate of drug-likeness (QED) is 0.295. The van der Waals surface area contributed by atoms with Gasteiger partial charge < -0.3 is 15.4 Å². The predicted molar refractivity (Wildman–Crippen MR) is 94.1 cm³/mol. The number of pyridine rings is 1. The van der Waals surface area contributed by atoms with Gasteiger partial charge in [0, 0.05) is 31.5 Å². The lowest BCUT2D eigenvalue weighted by atomic mass is 10.1. The van der Waals surface area contributed by atoms with Gasteiger partial charge >= 0.3 is 12.1 Å². The molecule has 29 heavy (non-hydrogen) atoms. The number of esters is 1. The zero-order valence-electron chi connectivity index (χ0n) is 14.7. The van der Waals surface area contributed by atoms with Crippen molar-refractivity contribution in [1.82, 2.24) is 10.3 Å². The van der Waals surface area contributed by atoms with Crippen molar-refractivity contribution in [3.63, 3.8) is 0 Å². The van der Waals surface area contributed by atoms with Gasteiger partial charge in [-0.05, 0) is 24.3 Å². The summed E-state index contributed by atoms with van der Waals surface area (Å²) < 4.78 is 42.8. The molecule has 1 aromatic heterocycles. The van der Waals surface area contributed by atoms with Gasteiger partial charge in [-0.2, -0.15) is 13.2 Å². The molecule has 0 unspecified atom stereocenters. The van der Waals surface area contributed by atoms with E-state index in [0.717, 1.165) is 6.07 Å². The van der Waals surface area contributed by atoms with E-state index in [0.29, 0.717) is 12.1 Å². The number of anilines is 1. The molecule has 1 aromatic carbocycles. The molecule has 9 nitrogen and oxygen atoms in total. The minimum Gasteiger partial charge on any atom is -0.452 e. The van der Waals surface area contributed by atoms with Crippen molar-refractivity contribution in [2.24, 2.45) is 0 Å². The molecule has 0 aliphatic heterocycles. The van der Waals surface area contributed by atoms with Gasteiger partial charge in [-0.15, -0.1) is 0 Å². The Hall–Kier alpha value is -3.70. The van der Waals surface area contributed by atoms with Gasteiger partial charge in [-0.3, -0.25) is 19.9 Å². The summed E-state index contributed by atoms with van der Waals surface area (Å²) in [4.78, 5) is 37.1. The minimum atomic E-state index is -4.70. The molecule has 0 spiro atoms. The van der Waals surface area contributed by atoms with E-state index in [1.807, 2.05) is 0 Å². The maximum atomic E-state index is 12.7. The SMILES string of the molecule is O=C(COC(=O)c1ccncc1)NCCNc1ccc(C(F)(F)F)cc1[N+](=O)[O-]. The summed E-state index contributed by atoms with van der Waals surface area (Å²) in [6, 6.07) is 4.92. The second-order valence-electron chi connectivity index (χ2n) is 5.58. The third-order valence-corrected chi connectivity index (χ3v) is 3.53. The first-order chi connectivity index (χ1) is 13.7. The molecular weight excluding hydrogens is 397 g/mol. The van der Waals surface area contributed by atoms with Crippen LogP contribution in [0.2, 0.25) is 0 Å². The molecule has 0 fully saturated rings. The number of aromatic nitrogens is 1. The van der Waals surface area contributed by atoms with Gasteiger partial charge in [-0.25, -0.2) is 4.79 Å². The van der Waals surface area contributed by atoms with E-state index >= 15 is 0 Å². The molecule has 154 valence electrons. The van der Waals surface area contributed by atoms with E-state index in [2.05, 4.69) is 15.6 Å². The molecule has 1 heterocycles. The van der Waals surface area contributed by atoms with Crippen LogP contribution in [0.4, 0.5) is 24.5 Å². The number of benzene rings is 1. The maximum Gasteiger partial charge on any atom is 0.416 e. The minimum absolute atomic E-state index is 0.00372. The van der Waals surface area contributed by atoms with E-state index in [1.165, 1.54) is 24.5 Å². The van der Waals surface area contributed by atoms with Gasteiger partial charge in [0.2, 0.25) is 0 Å². The number of hydrogen-bond acceptors (Lipinski definition) is 7. The molecule has 0 saturated carbocycles. The van der Waals surface area contributed by atoms with Crippen molar-refractivity contribution >= 4 is 23.3 Å². The smallest absolute Gasteiger partial charge is 0.416 e. The van der Waals surface area contributed by atoms with Gasteiger partial charge in [-0.1, -0.05) is 0 Å². The molecule has 0 aliphatic rings. The number of rotatable bonds is 8. The number of ether oxygens (including phenoxy) is 1. The summed E-state index contributed by atoms with van der Waals surface area (Å²) in [5, 5.41) is 16.0. The fourth-order valence-corrected chi connectivity index (χ4v) is 2.16. The topological polar surface area (TPSA) is 123 Å². The Morgan fingerprint density at radius 3 is 2.45 bits per heavy atom. The number of halogens is 3. The van der Waals surface area contributed by atoms with Gasteiger partial charge in [0.25, 0.3) is 11.6 Å². The van der Waals surface area contributed by atoms with Crippen molar-refractivity contribution < 1.29 is 32.4 Å². The largest absolute Gasteiger partial charge is 0.452 e. The Labute approximate surface area is 162 Å². The number of nitrogens with one attached hydrogen (secondary N) is 2. The average molecular weight is 412 g/mol. The van der Waals surface area contributed by atoms with Crippen molar-refractivity contribution in [2.75, 3.05) is 25.0 Å². The highest BCUT2D eigenvalue weighted by atomic mass is 19.4. The Balaban J connectivity index is 1.80. The lowest BCUT2D eigenvalue weighted by Gasteiger charge is -2.11. The van der Waals surface area contributed by atoms with Crippen LogP contribution >= 0.6 is 0 Å². The number of hydrogen-bond donors (Lipinski definition) is 2. The summed E-state index contributed by atoms with van der Waals surface area (Å²) in [6.07, 6.45) is -1.92. The van der Waals surface area contributed by atoms with E-state index in [4.69, 9.17) is 4.74 Å². The van der Waals surface area contributed by atoms with E-state index < -0.39 is 40.8 Å². The lowest BCUT2D eigenvalue weighted by molar-refractivity contribution is -0.384. The molecule has 0 saturated heterocycles. The first-order valence-corrected chi connectivity index (χ1v) is 8.12. The van der Waals surface area contributed by atoms with Gasteiger partial charge in [0.15, 0.2) is 6.61 Å². The standard InChI is InChI=1S/C17H15F3N4O5/c18-17(19,20)12-1-2-13(14(9-12)24(27)28)22-7-8-23-15(25)10-29-16(26)11-3-5-21-6-4-11/h1-6,9,22H,7-8,10H2,(H,23,25). The summed E-state index contributed by atoms with van der Waals surface area (Å²) in [5.41, 5.74) is -1.78. The summed E-state index contributed by atoms with van der Waals surface area (Å²) in [6.45, 7) is -0.554. The van der Waals surface area contributed by atoms with Crippen LogP contribution in [0.3, 0.4) is 0 Å². The molecule has 1 amide bonds. The van der Waals surface area contributed by atoms with Crippen LogP contribution in [0, 0.1) is 10.1 Å². The highest BCUT2D eigenvalue weighted by Crippen LogP contribution is 2.34. The highest BCUT2D eigenvalue weighted by molar-refractivity contribution is 5.91. The zero-order chi connectivity index (χ0) is 21.4. The second kappa shape index (κ2) is 9.48. The number of alkyl halides is 3. The summed E-state index contributed by atoms with van der Waals surface area (Å²) in [5.74, 6) is -1.32. The Morgan fingerprint density at radius 1 is 1.14 bits per heavy atom. The first kappa shape index (κ1) is 21.6. The zero-order valence-corrected chi connectivity index (χ0v) is 14.7. The number of carbonyl (C=O) groups is 2. The second-order valence-corrected chi connectivity index (χ2v) is 5.58.